The van der Waals surface area contributed by atoms with Gasteiger partial charge in [-0.3, -0.25) is 4.79 Å². The van der Waals surface area contributed by atoms with Crippen LogP contribution >= 0.6 is 11.6 Å². The Morgan fingerprint density at radius 3 is 2.64 bits per heavy atom. The van der Waals surface area contributed by atoms with Gasteiger partial charge in [-0.25, -0.2) is 9.97 Å². The van der Waals surface area contributed by atoms with Crippen molar-refractivity contribution in [3.63, 3.8) is 0 Å². The summed E-state index contributed by atoms with van der Waals surface area (Å²) < 4.78 is 0. The first kappa shape index (κ1) is 23.5. The van der Waals surface area contributed by atoms with Crippen LogP contribution in [0.4, 0.5) is 11.4 Å². The van der Waals surface area contributed by atoms with Crippen molar-refractivity contribution >= 4 is 40.0 Å². The van der Waals surface area contributed by atoms with Crippen LogP contribution in [0, 0.1) is 0 Å². The van der Waals surface area contributed by atoms with Gasteiger partial charge in [-0.1, -0.05) is 11.6 Å². The van der Waals surface area contributed by atoms with Gasteiger partial charge >= 0.3 is 0 Å². The second-order valence-corrected chi connectivity index (χ2v) is 9.20. The molecule has 33 heavy (non-hydrogen) atoms. The Bertz CT molecular complexity index is 1090. The van der Waals surface area contributed by atoms with E-state index in [9.17, 15) is 4.79 Å². The number of halogens is 1. The molecule has 2 aromatic heterocycles. The Hall–Kier alpha value is -2.68. The molecule has 0 atom stereocenters. The summed E-state index contributed by atoms with van der Waals surface area (Å²) in [5.74, 6) is 0.695. The lowest BCUT2D eigenvalue weighted by Crippen LogP contribution is -2.42. The summed E-state index contributed by atoms with van der Waals surface area (Å²) in [5, 5.41) is 10.1. The molecule has 1 amide bonds. The number of pyridine rings is 1. The molecule has 0 unspecified atom stereocenters. The Balaban J connectivity index is 1.50. The largest absolute Gasteiger partial charge is 0.379 e. The van der Waals surface area contributed by atoms with E-state index in [1.54, 1.807) is 6.20 Å². The van der Waals surface area contributed by atoms with Crippen LogP contribution in [0.2, 0.25) is 5.02 Å². The zero-order valence-corrected chi connectivity index (χ0v) is 20.2. The van der Waals surface area contributed by atoms with Gasteiger partial charge < -0.3 is 25.8 Å². The van der Waals surface area contributed by atoms with E-state index in [4.69, 9.17) is 11.6 Å². The summed E-state index contributed by atoms with van der Waals surface area (Å²) in [5.41, 5.74) is 3.96. The average molecular weight is 470 g/mol. The van der Waals surface area contributed by atoms with E-state index in [-0.39, 0.29) is 5.91 Å². The molecular formula is C24H32ClN7O. The molecule has 0 bridgehead atoms. The molecule has 1 saturated heterocycles. The number of carbonyl (C=O) groups excluding carboxylic acids is 1. The zero-order valence-electron chi connectivity index (χ0n) is 19.4. The van der Waals surface area contributed by atoms with E-state index in [0.717, 1.165) is 48.4 Å². The number of aromatic nitrogens is 3. The molecule has 4 rings (SSSR count). The van der Waals surface area contributed by atoms with Gasteiger partial charge in [0.05, 0.1) is 16.9 Å². The normalized spacial score (nSPS) is 15.3. The van der Waals surface area contributed by atoms with Crippen LogP contribution in [-0.2, 0) is 4.79 Å². The van der Waals surface area contributed by atoms with Crippen LogP contribution in [0.25, 0.3) is 22.6 Å². The number of likely N-dealkylation sites (tertiary alicyclic amines) is 1. The number of nitrogens with one attached hydrogen (secondary N) is 4. The number of aromatic amines is 1. The van der Waals surface area contributed by atoms with Crippen molar-refractivity contribution in [3.05, 3.63) is 35.5 Å². The van der Waals surface area contributed by atoms with Crippen molar-refractivity contribution in [2.45, 2.75) is 45.2 Å². The minimum absolute atomic E-state index is 0.0189. The maximum atomic E-state index is 11.9. The predicted molar refractivity (Wildman–Crippen MR) is 135 cm³/mol. The maximum absolute atomic E-state index is 11.9. The highest BCUT2D eigenvalue weighted by atomic mass is 35.5. The van der Waals surface area contributed by atoms with Gasteiger partial charge in [0.1, 0.15) is 11.3 Å². The second-order valence-electron chi connectivity index (χ2n) is 8.79. The standard InChI is InChI=1S/C24H32ClN7O/c1-15(2)32-12-9-18(10-13-32)29-21-19(25)14-27-24-22(21)30-23(31-24)16-4-6-17(7-5-16)28-20(33)8-11-26-3/h4-7,14-15,18,26H,8-13H2,1-3H3,(H,28,33)(H2,27,29,30,31). The lowest BCUT2D eigenvalue weighted by molar-refractivity contribution is -0.116. The summed E-state index contributed by atoms with van der Waals surface area (Å²) in [6.45, 7) is 7.29. The fraction of sp³-hybridized carbons (Fsp3) is 0.458. The number of benzene rings is 1. The summed E-state index contributed by atoms with van der Waals surface area (Å²) >= 11 is 6.53. The lowest BCUT2D eigenvalue weighted by atomic mass is 10.0. The van der Waals surface area contributed by atoms with Crippen molar-refractivity contribution < 1.29 is 4.79 Å². The molecular weight excluding hydrogens is 438 g/mol. The summed E-state index contributed by atoms with van der Waals surface area (Å²) in [4.78, 5) is 26.9. The fourth-order valence-electron chi connectivity index (χ4n) is 4.15. The molecule has 1 aliphatic rings. The van der Waals surface area contributed by atoms with Crippen molar-refractivity contribution in [3.8, 4) is 11.4 Å². The molecule has 3 aromatic rings. The van der Waals surface area contributed by atoms with Crippen LogP contribution in [0.1, 0.15) is 33.1 Å². The molecule has 8 nitrogen and oxygen atoms in total. The van der Waals surface area contributed by atoms with Crippen molar-refractivity contribution in [1.29, 1.82) is 0 Å². The summed E-state index contributed by atoms with van der Waals surface area (Å²) in [6.07, 6.45) is 4.23. The highest BCUT2D eigenvalue weighted by Gasteiger charge is 2.23. The van der Waals surface area contributed by atoms with Gasteiger partial charge in [-0.05, 0) is 58.0 Å². The number of imidazole rings is 1. The first-order valence-electron chi connectivity index (χ1n) is 11.5. The molecule has 9 heteroatoms. The molecule has 3 heterocycles. The minimum Gasteiger partial charge on any atom is -0.379 e. The molecule has 1 fully saturated rings. The third-order valence-electron chi connectivity index (χ3n) is 6.13. The van der Waals surface area contributed by atoms with Crippen LogP contribution in [0.15, 0.2) is 30.5 Å². The summed E-state index contributed by atoms with van der Waals surface area (Å²) in [7, 11) is 1.83. The topological polar surface area (TPSA) is 98.0 Å². The SMILES string of the molecule is CNCCC(=O)Nc1ccc(-c2nc3ncc(Cl)c(NC4CCN(C(C)C)CC4)c3[nH]2)cc1. The van der Waals surface area contributed by atoms with Gasteiger partial charge in [0, 0.05) is 49.4 Å². The van der Waals surface area contributed by atoms with E-state index >= 15 is 0 Å². The number of amides is 1. The Labute approximate surface area is 199 Å². The Kier molecular flexibility index (Phi) is 7.47. The molecule has 0 aliphatic carbocycles. The predicted octanol–water partition coefficient (Wildman–Crippen LogP) is 4.11. The van der Waals surface area contributed by atoms with Crippen LogP contribution in [-0.4, -0.2) is 64.5 Å². The number of piperidine rings is 1. The number of anilines is 2. The van der Waals surface area contributed by atoms with Gasteiger partial charge in [0.25, 0.3) is 0 Å². The number of H-pyrrole nitrogens is 1. The van der Waals surface area contributed by atoms with E-state index < -0.39 is 0 Å². The van der Waals surface area contributed by atoms with Crippen LogP contribution < -0.4 is 16.0 Å². The van der Waals surface area contributed by atoms with Crippen molar-refractivity contribution in [2.75, 3.05) is 37.3 Å². The molecule has 0 spiro atoms. The minimum atomic E-state index is -0.0189. The number of hydrogen-bond acceptors (Lipinski definition) is 6. The van der Waals surface area contributed by atoms with E-state index in [0.29, 0.717) is 41.5 Å². The first-order chi connectivity index (χ1) is 15.9. The fourth-order valence-corrected chi connectivity index (χ4v) is 4.35. The number of fused-ring (bicyclic) bond motifs is 1. The smallest absolute Gasteiger partial charge is 0.225 e. The number of carbonyl (C=O) groups is 1. The highest BCUT2D eigenvalue weighted by molar-refractivity contribution is 6.34. The Morgan fingerprint density at radius 2 is 1.97 bits per heavy atom. The monoisotopic (exact) mass is 469 g/mol. The molecule has 4 N–H and O–H groups in total. The van der Waals surface area contributed by atoms with Crippen molar-refractivity contribution in [1.82, 2.24) is 25.2 Å². The molecule has 1 aromatic carbocycles. The van der Waals surface area contributed by atoms with E-state index in [1.807, 2.05) is 31.3 Å². The molecule has 176 valence electrons. The van der Waals surface area contributed by atoms with Gasteiger partial charge in [-0.15, -0.1) is 0 Å². The third-order valence-corrected chi connectivity index (χ3v) is 6.41. The zero-order chi connectivity index (χ0) is 23.4. The van der Waals surface area contributed by atoms with Crippen LogP contribution in [0.5, 0.6) is 0 Å². The molecule has 1 aliphatic heterocycles. The average Bonchev–Trinajstić information content (AvgIpc) is 3.25. The summed E-state index contributed by atoms with van der Waals surface area (Å²) in [6, 6.07) is 8.55. The lowest BCUT2D eigenvalue weighted by Gasteiger charge is -2.35. The quantitative estimate of drug-likeness (QED) is 0.396. The number of nitrogens with zero attached hydrogens (tertiary/aromatic N) is 3. The maximum Gasteiger partial charge on any atom is 0.225 e. The van der Waals surface area contributed by atoms with E-state index in [2.05, 4.69) is 49.6 Å². The van der Waals surface area contributed by atoms with E-state index in [1.165, 1.54) is 0 Å². The van der Waals surface area contributed by atoms with Crippen LogP contribution in [0.3, 0.4) is 0 Å². The first-order valence-corrected chi connectivity index (χ1v) is 11.9. The third kappa shape index (κ3) is 5.63. The molecule has 0 radical (unpaired) electrons. The van der Waals surface area contributed by atoms with Gasteiger partial charge in [-0.2, -0.15) is 0 Å². The Morgan fingerprint density at radius 1 is 1.24 bits per heavy atom. The van der Waals surface area contributed by atoms with Gasteiger partial charge in [0.15, 0.2) is 5.65 Å². The number of rotatable bonds is 8. The number of hydrogen-bond donors (Lipinski definition) is 4. The molecule has 0 saturated carbocycles. The van der Waals surface area contributed by atoms with Gasteiger partial charge in [0.2, 0.25) is 5.91 Å². The second kappa shape index (κ2) is 10.5. The van der Waals surface area contributed by atoms with Crippen molar-refractivity contribution in [2.24, 2.45) is 0 Å². The highest BCUT2D eigenvalue weighted by Crippen LogP contribution is 2.32.